The number of likely N-dealkylation sites (N-methyl/N-ethyl adjacent to an activating group) is 1. The van der Waals surface area contributed by atoms with E-state index in [1.165, 1.54) is 0 Å². The molecule has 1 N–H and O–H groups in total. The number of hydrogen-bond donors (Lipinski definition) is 1. The van der Waals surface area contributed by atoms with Gasteiger partial charge in [-0.1, -0.05) is 0 Å². The molecule has 3 rings (SSSR count). The zero-order valence-electron chi connectivity index (χ0n) is 10.0. The third kappa shape index (κ3) is 1.56. The van der Waals surface area contributed by atoms with Crippen LogP contribution in [0.25, 0.3) is 0 Å². The number of carbonyl (C=O) groups excluding carboxylic acids is 2. The Kier molecular flexibility index (Phi) is 2.40. The van der Waals surface area contributed by atoms with Gasteiger partial charge in [-0.2, -0.15) is 0 Å². The molecule has 0 aromatic carbocycles. The van der Waals surface area contributed by atoms with Gasteiger partial charge in [0.05, 0.1) is 18.2 Å². The molecule has 5 nitrogen and oxygen atoms in total. The van der Waals surface area contributed by atoms with Crippen molar-refractivity contribution in [3.63, 3.8) is 0 Å². The fourth-order valence-corrected chi connectivity index (χ4v) is 3.34. The molecule has 1 saturated carbocycles. The minimum absolute atomic E-state index is 0.00948. The summed E-state index contributed by atoms with van der Waals surface area (Å²) in [4.78, 5) is 27.5. The second kappa shape index (κ2) is 3.70. The van der Waals surface area contributed by atoms with E-state index in [-0.39, 0.29) is 35.9 Å². The van der Waals surface area contributed by atoms with Crippen LogP contribution in [-0.2, 0) is 9.59 Å². The Balaban J connectivity index is 1.69. The quantitative estimate of drug-likeness (QED) is 0.675. The van der Waals surface area contributed by atoms with E-state index in [2.05, 4.69) is 0 Å². The van der Waals surface area contributed by atoms with Crippen LogP contribution in [0.4, 0.5) is 0 Å². The monoisotopic (exact) mass is 238 g/mol. The first-order chi connectivity index (χ1) is 8.08. The van der Waals surface area contributed by atoms with Gasteiger partial charge in [-0.3, -0.25) is 9.59 Å². The zero-order valence-corrected chi connectivity index (χ0v) is 10.0. The fraction of sp³-hybridized carbons (Fsp3) is 0.833. The third-order valence-corrected chi connectivity index (χ3v) is 4.53. The highest BCUT2D eigenvalue weighted by molar-refractivity contribution is 5.85. The molecule has 0 unspecified atom stereocenters. The standard InChI is InChI=1S/C12H18N2O3/c1-13-9-2-3-14(10(9)6-11(13)16)12(17)7-4-8(15)5-7/h7-10,15H,2-6H2,1H3/t7?,8?,9-,10-/m0/s1. The Hall–Kier alpha value is -1.10. The molecular formula is C12H18N2O3. The summed E-state index contributed by atoms with van der Waals surface area (Å²) < 4.78 is 0. The van der Waals surface area contributed by atoms with E-state index in [9.17, 15) is 14.7 Å². The van der Waals surface area contributed by atoms with E-state index in [0.29, 0.717) is 19.3 Å². The first-order valence-electron chi connectivity index (χ1n) is 6.32. The van der Waals surface area contributed by atoms with E-state index in [4.69, 9.17) is 0 Å². The summed E-state index contributed by atoms with van der Waals surface area (Å²) >= 11 is 0. The predicted octanol–water partition coefficient (Wildman–Crippen LogP) is -0.411. The number of nitrogens with zero attached hydrogens (tertiary/aromatic N) is 2. The maximum Gasteiger partial charge on any atom is 0.226 e. The molecule has 94 valence electrons. The zero-order chi connectivity index (χ0) is 12.2. The molecule has 3 aliphatic rings. The van der Waals surface area contributed by atoms with E-state index < -0.39 is 0 Å². The molecule has 2 heterocycles. The Morgan fingerprint density at radius 3 is 2.71 bits per heavy atom. The van der Waals surface area contributed by atoms with Crippen molar-refractivity contribution in [2.75, 3.05) is 13.6 Å². The maximum absolute atomic E-state index is 12.2. The van der Waals surface area contributed by atoms with Gasteiger partial charge in [-0.25, -0.2) is 0 Å². The number of aliphatic hydroxyl groups excluding tert-OH is 1. The highest BCUT2D eigenvalue weighted by atomic mass is 16.3. The van der Waals surface area contributed by atoms with Gasteiger partial charge in [0.15, 0.2) is 0 Å². The average Bonchev–Trinajstić information content (AvgIpc) is 2.76. The second-order valence-corrected chi connectivity index (χ2v) is 5.49. The van der Waals surface area contributed by atoms with E-state index in [0.717, 1.165) is 13.0 Å². The summed E-state index contributed by atoms with van der Waals surface area (Å²) in [6, 6.07) is 0.300. The number of rotatable bonds is 1. The molecule has 0 aromatic heterocycles. The van der Waals surface area contributed by atoms with Crippen LogP contribution in [0.1, 0.15) is 25.7 Å². The van der Waals surface area contributed by atoms with Gasteiger partial charge in [-0.15, -0.1) is 0 Å². The smallest absolute Gasteiger partial charge is 0.226 e. The van der Waals surface area contributed by atoms with Crippen molar-refractivity contribution in [1.82, 2.24) is 9.80 Å². The van der Waals surface area contributed by atoms with Gasteiger partial charge < -0.3 is 14.9 Å². The van der Waals surface area contributed by atoms with Gasteiger partial charge in [-0.05, 0) is 19.3 Å². The van der Waals surface area contributed by atoms with Crippen LogP contribution in [0.5, 0.6) is 0 Å². The fourth-order valence-electron chi connectivity index (χ4n) is 3.34. The van der Waals surface area contributed by atoms with Crippen LogP contribution in [0.3, 0.4) is 0 Å². The van der Waals surface area contributed by atoms with Crippen molar-refractivity contribution in [2.24, 2.45) is 5.92 Å². The highest BCUT2D eigenvalue weighted by Crippen LogP contribution is 2.36. The lowest BCUT2D eigenvalue weighted by Gasteiger charge is -2.35. The number of amides is 2. The number of fused-ring (bicyclic) bond motifs is 1. The summed E-state index contributed by atoms with van der Waals surface area (Å²) in [6.45, 7) is 0.762. The Morgan fingerprint density at radius 2 is 2.06 bits per heavy atom. The Bertz CT molecular complexity index is 365. The summed E-state index contributed by atoms with van der Waals surface area (Å²) in [5.74, 6) is 0.279. The van der Waals surface area contributed by atoms with Crippen LogP contribution in [0, 0.1) is 5.92 Å². The van der Waals surface area contributed by atoms with Crippen LogP contribution >= 0.6 is 0 Å². The third-order valence-electron chi connectivity index (χ3n) is 4.53. The summed E-state index contributed by atoms with van der Waals surface area (Å²) in [5.41, 5.74) is 0. The SMILES string of the molecule is CN1C(=O)C[C@H]2[C@@H]1CCN2C(=O)C1CC(O)C1. The normalized spacial score (nSPS) is 40.5. The lowest BCUT2D eigenvalue weighted by atomic mass is 9.81. The lowest BCUT2D eigenvalue weighted by Crippen LogP contribution is -2.46. The molecule has 17 heavy (non-hydrogen) atoms. The molecule has 2 amide bonds. The maximum atomic E-state index is 12.2. The molecule has 3 fully saturated rings. The molecule has 0 bridgehead atoms. The van der Waals surface area contributed by atoms with Crippen molar-refractivity contribution in [3.8, 4) is 0 Å². The second-order valence-electron chi connectivity index (χ2n) is 5.49. The first kappa shape index (κ1) is 11.0. The molecule has 2 saturated heterocycles. The van der Waals surface area contributed by atoms with E-state index >= 15 is 0 Å². The Labute approximate surface area is 100 Å². The first-order valence-corrected chi connectivity index (χ1v) is 6.32. The molecule has 1 aliphatic carbocycles. The van der Waals surface area contributed by atoms with Crippen molar-refractivity contribution < 1.29 is 14.7 Å². The number of aliphatic hydroxyl groups is 1. The van der Waals surface area contributed by atoms with Crippen LogP contribution in [-0.4, -0.2) is 58.5 Å². The van der Waals surface area contributed by atoms with Gasteiger partial charge in [0.2, 0.25) is 11.8 Å². The largest absolute Gasteiger partial charge is 0.393 e. The van der Waals surface area contributed by atoms with Gasteiger partial charge in [0, 0.05) is 25.9 Å². The number of likely N-dealkylation sites (tertiary alicyclic amines) is 2. The van der Waals surface area contributed by atoms with E-state index in [1.807, 2.05) is 11.9 Å². The lowest BCUT2D eigenvalue weighted by molar-refractivity contribution is -0.143. The van der Waals surface area contributed by atoms with Gasteiger partial charge in [0.25, 0.3) is 0 Å². The number of carbonyl (C=O) groups is 2. The summed E-state index contributed by atoms with van der Waals surface area (Å²) in [6.07, 6.45) is 2.26. The Morgan fingerprint density at radius 1 is 1.35 bits per heavy atom. The predicted molar refractivity (Wildman–Crippen MR) is 60.0 cm³/mol. The summed E-state index contributed by atoms with van der Waals surface area (Å²) in [5, 5.41) is 9.25. The summed E-state index contributed by atoms with van der Waals surface area (Å²) in [7, 11) is 1.83. The molecule has 2 aliphatic heterocycles. The molecule has 0 radical (unpaired) electrons. The van der Waals surface area contributed by atoms with Crippen LogP contribution in [0.2, 0.25) is 0 Å². The molecule has 5 heteroatoms. The van der Waals surface area contributed by atoms with Gasteiger partial charge in [0.1, 0.15) is 0 Å². The van der Waals surface area contributed by atoms with Crippen molar-refractivity contribution >= 4 is 11.8 Å². The van der Waals surface area contributed by atoms with Crippen molar-refractivity contribution in [3.05, 3.63) is 0 Å². The van der Waals surface area contributed by atoms with Crippen molar-refractivity contribution in [1.29, 1.82) is 0 Å². The minimum atomic E-state index is -0.296. The van der Waals surface area contributed by atoms with Crippen LogP contribution < -0.4 is 0 Å². The number of hydrogen-bond acceptors (Lipinski definition) is 3. The van der Waals surface area contributed by atoms with Crippen molar-refractivity contribution in [2.45, 2.75) is 43.9 Å². The topological polar surface area (TPSA) is 60.9 Å². The molecule has 0 aromatic rings. The molecule has 0 spiro atoms. The van der Waals surface area contributed by atoms with Crippen LogP contribution in [0.15, 0.2) is 0 Å². The minimum Gasteiger partial charge on any atom is -0.393 e. The highest BCUT2D eigenvalue weighted by Gasteiger charge is 2.49. The molecule has 2 atom stereocenters. The van der Waals surface area contributed by atoms with E-state index in [1.54, 1.807) is 4.90 Å². The molecular weight excluding hydrogens is 220 g/mol. The van der Waals surface area contributed by atoms with Gasteiger partial charge >= 0.3 is 0 Å². The average molecular weight is 238 g/mol.